The van der Waals surface area contributed by atoms with E-state index in [1.807, 2.05) is 24.3 Å². The first-order chi connectivity index (χ1) is 11.1. The van der Waals surface area contributed by atoms with Gasteiger partial charge in [-0.25, -0.2) is 0 Å². The Morgan fingerprint density at radius 2 is 1.70 bits per heavy atom. The average Bonchev–Trinajstić information content (AvgIpc) is 2.53. The van der Waals surface area contributed by atoms with Gasteiger partial charge in [-0.1, -0.05) is 53.0 Å². The lowest BCUT2D eigenvalue weighted by Gasteiger charge is -2.09. The third-order valence-electron chi connectivity index (χ3n) is 3.26. The molecule has 2 rings (SSSR count). The molecule has 122 valence electrons. The highest BCUT2D eigenvalue weighted by molar-refractivity contribution is 6.43. The Labute approximate surface area is 150 Å². The van der Waals surface area contributed by atoms with Crippen LogP contribution in [0.15, 0.2) is 42.5 Å². The van der Waals surface area contributed by atoms with Gasteiger partial charge in [0.05, 0.1) is 15.7 Å². The molecule has 0 aliphatic heterocycles. The second kappa shape index (κ2) is 9.14. The molecule has 0 radical (unpaired) electrons. The van der Waals surface area contributed by atoms with Crippen LogP contribution in [0.4, 0.5) is 5.69 Å². The van der Waals surface area contributed by atoms with E-state index in [4.69, 9.17) is 34.8 Å². The molecule has 2 aromatic rings. The zero-order valence-corrected chi connectivity index (χ0v) is 14.7. The maximum Gasteiger partial charge on any atom is 0.225 e. The SMILES string of the molecule is O=C(CCNCCc1ccc(Cl)cc1)Nc1cccc(Cl)c1Cl. The highest BCUT2D eigenvalue weighted by Gasteiger charge is 2.07. The number of benzene rings is 2. The van der Waals surface area contributed by atoms with Crippen molar-refractivity contribution in [2.24, 2.45) is 0 Å². The molecule has 3 nitrogen and oxygen atoms in total. The predicted molar refractivity (Wildman–Crippen MR) is 97.7 cm³/mol. The molecule has 0 aliphatic carbocycles. The Kier molecular flexibility index (Phi) is 7.18. The van der Waals surface area contributed by atoms with Gasteiger partial charge in [0, 0.05) is 18.0 Å². The number of hydrogen-bond donors (Lipinski definition) is 2. The topological polar surface area (TPSA) is 41.1 Å². The van der Waals surface area contributed by atoms with Gasteiger partial charge < -0.3 is 10.6 Å². The quantitative estimate of drug-likeness (QED) is 0.686. The van der Waals surface area contributed by atoms with Gasteiger partial charge in [-0.2, -0.15) is 0 Å². The molecule has 0 heterocycles. The Morgan fingerprint density at radius 1 is 0.957 bits per heavy atom. The van der Waals surface area contributed by atoms with E-state index in [0.29, 0.717) is 28.7 Å². The maximum atomic E-state index is 11.9. The van der Waals surface area contributed by atoms with E-state index in [1.54, 1.807) is 18.2 Å². The molecule has 0 saturated heterocycles. The minimum absolute atomic E-state index is 0.104. The molecule has 0 saturated carbocycles. The van der Waals surface area contributed by atoms with Crippen LogP contribution in [0.2, 0.25) is 15.1 Å². The van der Waals surface area contributed by atoms with E-state index in [0.717, 1.165) is 18.0 Å². The summed E-state index contributed by atoms with van der Waals surface area (Å²) in [6.45, 7) is 1.39. The molecule has 0 aromatic heterocycles. The lowest BCUT2D eigenvalue weighted by molar-refractivity contribution is -0.116. The van der Waals surface area contributed by atoms with E-state index in [1.165, 1.54) is 5.56 Å². The number of anilines is 1. The molecule has 0 aliphatic rings. The summed E-state index contributed by atoms with van der Waals surface area (Å²) >= 11 is 17.8. The number of nitrogens with one attached hydrogen (secondary N) is 2. The molecular weight excluding hydrogens is 355 g/mol. The summed E-state index contributed by atoms with van der Waals surface area (Å²) in [6, 6.07) is 12.9. The third-order valence-corrected chi connectivity index (χ3v) is 4.33. The van der Waals surface area contributed by atoms with Crippen molar-refractivity contribution in [1.29, 1.82) is 0 Å². The van der Waals surface area contributed by atoms with Crippen LogP contribution < -0.4 is 10.6 Å². The van der Waals surface area contributed by atoms with Crippen LogP contribution in [0.3, 0.4) is 0 Å². The largest absolute Gasteiger partial charge is 0.325 e. The van der Waals surface area contributed by atoms with Gasteiger partial charge in [-0.3, -0.25) is 4.79 Å². The van der Waals surface area contributed by atoms with Gasteiger partial charge in [0.15, 0.2) is 0 Å². The maximum absolute atomic E-state index is 11.9. The van der Waals surface area contributed by atoms with E-state index < -0.39 is 0 Å². The normalized spacial score (nSPS) is 10.6. The van der Waals surface area contributed by atoms with Gasteiger partial charge in [0.1, 0.15) is 0 Å². The van der Waals surface area contributed by atoms with E-state index in [-0.39, 0.29) is 5.91 Å². The number of amides is 1. The van der Waals surface area contributed by atoms with Crippen molar-refractivity contribution in [2.45, 2.75) is 12.8 Å². The zero-order chi connectivity index (χ0) is 16.7. The van der Waals surface area contributed by atoms with Crippen molar-refractivity contribution in [3.63, 3.8) is 0 Å². The first-order valence-electron chi connectivity index (χ1n) is 7.25. The number of rotatable bonds is 7. The fourth-order valence-corrected chi connectivity index (χ4v) is 2.50. The Bertz CT molecular complexity index is 659. The van der Waals surface area contributed by atoms with E-state index >= 15 is 0 Å². The summed E-state index contributed by atoms with van der Waals surface area (Å²) < 4.78 is 0. The zero-order valence-electron chi connectivity index (χ0n) is 12.4. The first kappa shape index (κ1) is 18.1. The summed E-state index contributed by atoms with van der Waals surface area (Å²) in [5, 5.41) is 7.51. The summed E-state index contributed by atoms with van der Waals surface area (Å²) in [5.41, 5.74) is 1.74. The average molecular weight is 372 g/mol. The second-order valence-corrected chi connectivity index (χ2v) is 6.25. The van der Waals surface area contributed by atoms with Crippen LogP contribution in [0.5, 0.6) is 0 Å². The second-order valence-electron chi connectivity index (χ2n) is 5.03. The Morgan fingerprint density at radius 3 is 2.43 bits per heavy atom. The van der Waals surface area contributed by atoms with Crippen molar-refractivity contribution >= 4 is 46.4 Å². The third kappa shape index (κ3) is 6.04. The van der Waals surface area contributed by atoms with Crippen LogP contribution in [0.1, 0.15) is 12.0 Å². The molecule has 2 N–H and O–H groups in total. The smallest absolute Gasteiger partial charge is 0.225 e. The van der Waals surface area contributed by atoms with Gasteiger partial charge in [0.25, 0.3) is 0 Å². The fraction of sp³-hybridized carbons (Fsp3) is 0.235. The minimum atomic E-state index is -0.104. The molecule has 0 unspecified atom stereocenters. The van der Waals surface area contributed by atoms with Gasteiger partial charge >= 0.3 is 0 Å². The summed E-state index contributed by atoms with van der Waals surface area (Å²) in [6.07, 6.45) is 1.25. The fourth-order valence-electron chi connectivity index (χ4n) is 2.02. The lowest BCUT2D eigenvalue weighted by Crippen LogP contribution is -2.23. The van der Waals surface area contributed by atoms with Crippen LogP contribution in [-0.4, -0.2) is 19.0 Å². The molecule has 6 heteroatoms. The number of carbonyl (C=O) groups excluding carboxylic acids is 1. The van der Waals surface area contributed by atoms with Crippen molar-refractivity contribution in [1.82, 2.24) is 5.32 Å². The molecule has 23 heavy (non-hydrogen) atoms. The number of carbonyl (C=O) groups is 1. The molecule has 2 aromatic carbocycles. The van der Waals surface area contributed by atoms with E-state index in [2.05, 4.69) is 10.6 Å². The van der Waals surface area contributed by atoms with Crippen LogP contribution in [0.25, 0.3) is 0 Å². The molecule has 1 amide bonds. The summed E-state index contributed by atoms with van der Waals surface area (Å²) in [4.78, 5) is 11.9. The van der Waals surface area contributed by atoms with Gasteiger partial charge in [-0.05, 0) is 42.8 Å². The van der Waals surface area contributed by atoms with Crippen LogP contribution in [0, 0.1) is 0 Å². The molecular formula is C17H17Cl3N2O. The van der Waals surface area contributed by atoms with Crippen molar-refractivity contribution in [2.75, 3.05) is 18.4 Å². The van der Waals surface area contributed by atoms with Crippen LogP contribution >= 0.6 is 34.8 Å². The Hall–Kier alpha value is -1.26. The van der Waals surface area contributed by atoms with Gasteiger partial charge in [0.2, 0.25) is 5.91 Å². The minimum Gasteiger partial charge on any atom is -0.325 e. The highest BCUT2D eigenvalue weighted by Crippen LogP contribution is 2.29. The molecule has 0 bridgehead atoms. The first-order valence-corrected chi connectivity index (χ1v) is 8.38. The van der Waals surface area contributed by atoms with Crippen molar-refractivity contribution in [3.05, 3.63) is 63.1 Å². The summed E-state index contributed by atoms with van der Waals surface area (Å²) in [5.74, 6) is -0.104. The standard InChI is InChI=1S/C17H17Cl3N2O/c18-13-6-4-12(5-7-13)8-10-21-11-9-16(23)22-15-3-1-2-14(19)17(15)20/h1-7,21H,8-11H2,(H,22,23). The van der Waals surface area contributed by atoms with Crippen LogP contribution in [-0.2, 0) is 11.2 Å². The number of hydrogen-bond acceptors (Lipinski definition) is 2. The summed E-state index contributed by atoms with van der Waals surface area (Å²) in [7, 11) is 0. The van der Waals surface area contributed by atoms with Crippen molar-refractivity contribution < 1.29 is 4.79 Å². The molecule has 0 spiro atoms. The van der Waals surface area contributed by atoms with E-state index in [9.17, 15) is 4.79 Å². The molecule has 0 fully saturated rings. The number of halogens is 3. The van der Waals surface area contributed by atoms with Gasteiger partial charge in [-0.15, -0.1) is 0 Å². The Balaban J connectivity index is 1.67. The highest BCUT2D eigenvalue weighted by atomic mass is 35.5. The molecule has 0 atom stereocenters. The predicted octanol–water partition coefficient (Wildman–Crippen LogP) is 4.81. The monoisotopic (exact) mass is 370 g/mol. The van der Waals surface area contributed by atoms with Crippen molar-refractivity contribution in [3.8, 4) is 0 Å². The lowest BCUT2D eigenvalue weighted by atomic mass is 10.1.